The molecule has 3 nitrogen and oxygen atoms in total. The molecule has 4 heteroatoms. The number of hydrogen-bond acceptors (Lipinski definition) is 1. The number of amides is 2. The third-order valence-corrected chi connectivity index (χ3v) is 4.41. The van der Waals surface area contributed by atoms with Gasteiger partial charge in [-0.05, 0) is 36.8 Å². The van der Waals surface area contributed by atoms with Crippen molar-refractivity contribution < 1.29 is 9.18 Å². The van der Waals surface area contributed by atoms with Crippen molar-refractivity contribution in [2.75, 3.05) is 13.6 Å². The van der Waals surface area contributed by atoms with Crippen LogP contribution in [0.4, 0.5) is 9.18 Å². The minimum atomic E-state index is -0.207. The van der Waals surface area contributed by atoms with Gasteiger partial charge in [0.25, 0.3) is 0 Å². The highest BCUT2D eigenvalue weighted by Gasteiger charge is 2.25. The average molecular weight is 292 g/mol. The summed E-state index contributed by atoms with van der Waals surface area (Å²) in [5, 5.41) is 2.89. The minimum Gasteiger partial charge on any atom is -0.338 e. The van der Waals surface area contributed by atoms with Crippen molar-refractivity contribution in [1.29, 1.82) is 0 Å². The Hall–Kier alpha value is -1.58. The molecular formula is C17H25FN2O. The number of hydrogen-bond donors (Lipinski definition) is 1. The van der Waals surface area contributed by atoms with E-state index in [1.54, 1.807) is 12.1 Å². The summed E-state index contributed by atoms with van der Waals surface area (Å²) in [7, 11) is 1.86. The summed E-state index contributed by atoms with van der Waals surface area (Å²) in [5.74, 6) is 0.485. The Morgan fingerprint density at radius 3 is 2.86 bits per heavy atom. The highest BCUT2D eigenvalue weighted by molar-refractivity contribution is 5.74. The summed E-state index contributed by atoms with van der Waals surface area (Å²) in [6.45, 7) is 2.71. The second-order valence-corrected chi connectivity index (χ2v) is 6.11. The van der Waals surface area contributed by atoms with Crippen molar-refractivity contribution in [3.05, 3.63) is 35.6 Å². The largest absolute Gasteiger partial charge is 0.338 e. The van der Waals surface area contributed by atoms with Crippen molar-refractivity contribution in [3.8, 4) is 0 Å². The van der Waals surface area contributed by atoms with Gasteiger partial charge < -0.3 is 10.2 Å². The zero-order chi connectivity index (χ0) is 15.2. The number of urea groups is 1. The molecule has 1 aromatic carbocycles. The molecule has 1 aliphatic carbocycles. The lowest BCUT2D eigenvalue weighted by Gasteiger charge is -2.34. The van der Waals surface area contributed by atoms with Gasteiger partial charge in [-0.3, -0.25) is 0 Å². The average Bonchev–Trinajstić information content (AvgIpc) is 2.48. The monoisotopic (exact) mass is 292 g/mol. The normalized spacial score (nSPS) is 21.9. The van der Waals surface area contributed by atoms with Gasteiger partial charge in [-0.25, -0.2) is 9.18 Å². The van der Waals surface area contributed by atoms with Crippen molar-refractivity contribution in [2.24, 2.45) is 5.92 Å². The number of benzene rings is 1. The topological polar surface area (TPSA) is 32.3 Å². The molecule has 1 saturated carbocycles. The predicted octanol–water partition coefficient (Wildman–Crippen LogP) is 3.59. The highest BCUT2D eigenvalue weighted by atomic mass is 19.1. The molecular weight excluding hydrogens is 267 g/mol. The first-order valence-electron chi connectivity index (χ1n) is 7.82. The lowest BCUT2D eigenvalue weighted by molar-refractivity contribution is 0.160. The number of nitrogens with one attached hydrogen (secondary N) is 1. The molecule has 0 saturated heterocycles. The van der Waals surface area contributed by atoms with Crippen LogP contribution in [0, 0.1) is 11.7 Å². The van der Waals surface area contributed by atoms with Gasteiger partial charge in [0.2, 0.25) is 0 Å². The molecule has 0 bridgehead atoms. The fraction of sp³-hybridized carbons (Fsp3) is 0.588. The first-order valence-corrected chi connectivity index (χ1v) is 7.82. The Morgan fingerprint density at radius 1 is 1.38 bits per heavy atom. The van der Waals surface area contributed by atoms with Crippen LogP contribution in [0.5, 0.6) is 0 Å². The third kappa shape index (κ3) is 4.45. The van der Waals surface area contributed by atoms with Crippen LogP contribution in [0.25, 0.3) is 0 Å². The van der Waals surface area contributed by atoms with Crippen LogP contribution >= 0.6 is 0 Å². The van der Waals surface area contributed by atoms with Crippen LogP contribution in [0.1, 0.15) is 38.2 Å². The van der Waals surface area contributed by atoms with Gasteiger partial charge in [0, 0.05) is 19.6 Å². The Kier molecular flexibility index (Phi) is 5.59. The lowest BCUT2D eigenvalue weighted by atomic mass is 9.86. The molecule has 0 aromatic heterocycles. The number of carbonyl (C=O) groups is 1. The summed E-state index contributed by atoms with van der Waals surface area (Å²) < 4.78 is 13.5. The Bertz CT molecular complexity index is 478. The molecule has 1 fully saturated rings. The van der Waals surface area contributed by atoms with Gasteiger partial charge in [-0.15, -0.1) is 0 Å². The highest BCUT2D eigenvalue weighted by Crippen LogP contribution is 2.26. The summed E-state index contributed by atoms with van der Waals surface area (Å²) >= 11 is 0. The van der Waals surface area contributed by atoms with E-state index < -0.39 is 0 Å². The molecule has 21 heavy (non-hydrogen) atoms. The molecule has 2 unspecified atom stereocenters. The van der Waals surface area contributed by atoms with Crippen LogP contribution in [0.15, 0.2) is 24.3 Å². The predicted molar refractivity (Wildman–Crippen MR) is 82.7 cm³/mol. The summed E-state index contributed by atoms with van der Waals surface area (Å²) in [6.07, 6.45) is 5.14. The second kappa shape index (κ2) is 7.43. The summed E-state index contributed by atoms with van der Waals surface area (Å²) in [6, 6.07) is 6.99. The quantitative estimate of drug-likeness (QED) is 0.903. The lowest BCUT2D eigenvalue weighted by Crippen LogP contribution is -2.45. The van der Waals surface area contributed by atoms with E-state index in [1.165, 1.54) is 18.9 Å². The fourth-order valence-corrected chi connectivity index (χ4v) is 3.05. The minimum absolute atomic E-state index is 0.0505. The molecule has 0 radical (unpaired) electrons. The van der Waals surface area contributed by atoms with Crippen molar-refractivity contribution in [3.63, 3.8) is 0 Å². The Morgan fingerprint density at radius 2 is 2.14 bits per heavy atom. The van der Waals surface area contributed by atoms with E-state index in [4.69, 9.17) is 0 Å². The number of rotatable bonds is 4. The maximum atomic E-state index is 13.5. The van der Waals surface area contributed by atoms with Crippen LogP contribution in [-0.4, -0.2) is 30.6 Å². The van der Waals surface area contributed by atoms with Crippen LogP contribution in [-0.2, 0) is 6.42 Å². The van der Waals surface area contributed by atoms with Gasteiger partial charge in [0.1, 0.15) is 5.82 Å². The molecule has 1 N–H and O–H groups in total. The molecule has 2 amide bonds. The maximum absolute atomic E-state index is 13.5. The zero-order valence-corrected chi connectivity index (χ0v) is 12.9. The maximum Gasteiger partial charge on any atom is 0.317 e. The zero-order valence-electron chi connectivity index (χ0n) is 12.9. The van der Waals surface area contributed by atoms with Crippen LogP contribution in [0.3, 0.4) is 0 Å². The number of nitrogens with zero attached hydrogens (tertiary/aromatic N) is 1. The fourth-order valence-electron chi connectivity index (χ4n) is 3.05. The molecule has 0 heterocycles. The van der Waals surface area contributed by atoms with Crippen molar-refractivity contribution in [2.45, 2.75) is 45.1 Å². The van der Waals surface area contributed by atoms with Gasteiger partial charge in [0.05, 0.1) is 0 Å². The molecule has 1 aromatic rings. The van der Waals surface area contributed by atoms with Gasteiger partial charge in [-0.2, -0.15) is 0 Å². The summed E-state index contributed by atoms with van der Waals surface area (Å²) in [4.78, 5) is 14.0. The van der Waals surface area contributed by atoms with E-state index >= 15 is 0 Å². The van der Waals surface area contributed by atoms with E-state index in [-0.39, 0.29) is 11.8 Å². The standard InChI is InChI=1S/C17H25FN2O/c1-13-6-5-8-15(12-13)20(2)17(21)19-11-10-14-7-3-4-9-16(14)18/h3-4,7,9,13,15H,5-6,8,10-12H2,1-2H3,(H,19,21). The number of halogens is 1. The van der Waals surface area contributed by atoms with E-state index in [0.29, 0.717) is 30.5 Å². The molecule has 2 atom stereocenters. The third-order valence-electron chi connectivity index (χ3n) is 4.41. The van der Waals surface area contributed by atoms with E-state index in [2.05, 4.69) is 12.2 Å². The first kappa shape index (κ1) is 15.8. The van der Waals surface area contributed by atoms with Crippen molar-refractivity contribution >= 4 is 6.03 Å². The van der Waals surface area contributed by atoms with Gasteiger partial charge in [-0.1, -0.05) is 38.0 Å². The molecule has 116 valence electrons. The SMILES string of the molecule is CC1CCCC(N(C)C(=O)NCCc2ccccc2F)C1. The van der Waals surface area contributed by atoms with E-state index in [1.807, 2.05) is 18.0 Å². The number of carbonyl (C=O) groups excluding carboxylic acids is 1. The first-order chi connectivity index (χ1) is 10.1. The Balaban J connectivity index is 1.77. The van der Waals surface area contributed by atoms with Crippen LogP contribution < -0.4 is 5.32 Å². The molecule has 1 aliphatic rings. The smallest absolute Gasteiger partial charge is 0.317 e. The van der Waals surface area contributed by atoms with Crippen molar-refractivity contribution in [1.82, 2.24) is 10.2 Å². The van der Waals surface area contributed by atoms with Crippen LogP contribution in [0.2, 0.25) is 0 Å². The Labute approximate surface area is 126 Å². The van der Waals surface area contributed by atoms with Gasteiger partial charge in [0.15, 0.2) is 0 Å². The second-order valence-electron chi connectivity index (χ2n) is 6.11. The molecule has 0 aliphatic heterocycles. The van der Waals surface area contributed by atoms with E-state index in [0.717, 1.165) is 12.8 Å². The van der Waals surface area contributed by atoms with Gasteiger partial charge >= 0.3 is 6.03 Å². The summed E-state index contributed by atoms with van der Waals surface area (Å²) in [5.41, 5.74) is 0.645. The molecule has 2 rings (SSSR count). The van der Waals surface area contributed by atoms with E-state index in [9.17, 15) is 9.18 Å². The molecule has 0 spiro atoms.